The molecule has 0 aromatic rings. The van der Waals surface area contributed by atoms with Crippen molar-refractivity contribution in [3.63, 3.8) is 0 Å². The van der Waals surface area contributed by atoms with Gasteiger partial charge in [0.25, 0.3) is 0 Å². The molecule has 0 aliphatic carbocycles. The molecule has 0 rings (SSSR count). The lowest BCUT2D eigenvalue weighted by atomic mass is 9.98. The molecule has 0 spiro atoms. The molecule has 2 unspecified atom stereocenters. The Morgan fingerprint density at radius 3 is 1.87 bits per heavy atom. The molecular formula is C18H38ClNO3. The second-order valence-electron chi connectivity index (χ2n) is 6.49. The maximum Gasteiger partial charge on any atom is 0.303 e. The van der Waals surface area contributed by atoms with Crippen LogP contribution < -0.4 is 5.73 Å². The van der Waals surface area contributed by atoms with E-state index >= 15 is 0 Å². The number of carbonyl (C=O) groups is 1. The second-order valence-corrected chi connectivity index (χ2v) is 6.49. The molecule has 0 fully saturated rings. The van der Waals surface area contributed by atoms with Crippen molar-refractivity contribution in [3.05, 3.63) is 0 Å². The Bertz CT molecular complexity index is 265. The number of carboxylic acids is 1. The van der Waals surface area contributed by atoms with E-state index < -0.39 is 12.1 Å². The van der Waals surface area contributed by atoms with Crippen LogP contribution in [-0.2, 0) is 4.79 Å². The lowest BCUT2D eigenvalue weighted by molar-refractivity contribution is -0.137. The van der Waals surface area contributed by atoms with Crippen molar-refractivity contribution in [2.75, 3.05) is 0 Å². The molecular weight excluding hydrogens is 314 g/mol. The first kappa shape index (κ1) is 24.9. The molecule has 0 bridgehead atoms. The monoisotopic (exact) mass is 351 g/mol. The lowest BCUT2D eigenvalue weighted by Gasteiger charge is -2.18. The zero-order valence-electron chi connectivity index (χ0n) is 14.8. The summed E-state index contributed by atoms with van der Waals surface area (Å²) < 4.78 is 0. The first-order valence-electron chi connectivity index (χ1n) is 9.23. The van der Waals surface area contributed by atoms with Gasteiger partial charge < -0.3 is 15.9 Å². The minimum absolute atomic E-state index is 0. The smallest absolute Gasteiger partial charge is 0.303 e. The molecule has 0 heterocycles. The van der Waals surface area contributed by atoms with Gasteiger partial charge >= 0.3 is 5.97 Å². The van der Waals surface area contributed by atoms with E-state index in [0.29, 0.717) is 12.8 Å². The summed E-state index contributed by atoms with van der Waals surface area (Å²) in [5.41, 5.74) is 5.95. The van der Waals surface area contributed by atoms with E-state index in [-0.39, 0.29) is 24.9 Å². The summed E-state index contributed by atoms with van der Waals surface area (Å²) in [7, 11) is 0. The van der Waals surface area contributed by atoms with Crippen molar-refractivity contribution >= 4 is 18.4 Å². The molecule has 4 nitrogen and oxygen atoms in total. The number of aliphatic carboxylic acids is 1. The molecule has 0 radical (unpaired) electrons. The van der Waals surface area contributed by atoms with E-state index in [1.165, 1.54) is 51.4 Å². The van der Waals surface area contributed by atoms with Crippen LogP contribution in [0.2, 0.25) is 0 Å². The van der Waals surface area contributed by atoms with Gasteiger partial charge in [0.2, 0.25) is 0 Å². The average molecular weight is 352 g/mol. The van der Waals surface area contributed by atoms with E-state index in [1.54, 1.807) is 0 Å². The van der Waals surface area contributed by atoms with Crippen LogP contribution in [0.15, 0.2) is 0 Å². The summed E-state index contributed by atoms with van der Waals surface area (Å²) >= 11 is 0. The number of hydrogen-bond donors (Lipinski definition) is 3. The van der Waals surface area contributed by atoms with Crippen LogP contribution in [0, 0.1) is 0 Å². The highest BCUT2D eigenvalue weighted by Gasteiger charge is 2.14. The number of rotatable bonds is 16. The molecule has 0 aliphatic heterocycles. The van der Waals surface area contributed by atoms with E-state index in [0.717, 1.165) is 19.3 Å². The first-order valence-corrected chi connectivity index (χ1v) is 9.23. The van der Waals surface area contributed by atoms with Gasteiger partial charge in [-0.15, -0.1) is 12.4 Å². The number of halogens is 1. The summed E-state index contributed by atoms with van der Waals surface area (Å²) in [6.07, 6.45) is 14.2. The molecule has 2 atom stereocenters. The van der Waals surface area contributed by atoms with Crippen molar-refractivity contribution in [2.45, 2.75) is 109 Å². The van der Waals surface area contributed by atoms with Crippen molar-refractivity contribution in [3.8, 4) is 0 Å². The zero-order valence-corrected chi connectivity index (χ0v) is 15.7. The minimum Gasteiger partial charge on any atom is -0.481 e. The average Bonchev–Trinajstić information content (AvgIpc) is 2.49. The van der Waals surface area contributed by atoms with Gasteiger partial charge in [-0.1, -0.05) is 71.1 Å². The van der Waals surface area contributed by atoms with Crippen molar-refractivity contribution in [2.24, 2.45) is 5.73 Å². The van der Waals surface area contributed by atoms with Crippen LogP contribution in [0.4, 0.5) is 0 Å². The van der Waals surface area contributed by atoms with Crippen molar-refractivity contribution < 1.29 is 15.0 Å². The fourth-order valence-electron chi connectivity index (χ4n) is 2.73. The van der Waals surface area contributed by atoms with Crippen molar-refractivity contribution in [1.82, 2.24) is 0 Å². The number of aliphatic hydroxyl groups excluding tert-OH is 1. The van der Waals surface area contributed by atoms with Gasteiger partial charge in [-0.05, 0) is 19.3 Å². The van der Waals surface area contributed by atoms with E-state index in [4.69, 9.17) is 10.8 Å². The molecule has 0 aliphatic rings. The Kier molecular flexibility index (Phi) is 19.5. The predicted octanol–water partition coefficient (Wildman–Crippen LogP) is 4.66. The Hall–Kier alpha value is -0.320. The second kappa shape index (κ2) is 18.0. The van der Waals surface area contributed by atoms with Crippen LogP contribution in [0.3, 0.4) is 0 Å². The van der Waals surface area contributed by atoms with Crippen molar-refractivity contribution in [1.29, 1.82) is 0 Å². The van der Waals surface area contributed by atoms with Gasteiger partial charge in [-0.25, -0.2) is 0 Å². The Balaban J connectivity index is 0. The molecule has 23 heavy (non-hydrogen) atoms. The molecule has 4 N–H and O–H groups in total. The van der Waals surface area contributed by atoms with Gasteiger partial charge in [0.1, 0.15) is 0 Å². The van der Waals surface area contributed by atoms with Crippen LogP contribution >= 0.6 is 12.4 Å². The van der Waals surface area contributed by atoms with Gasteiger partial charge in [0.15, 0.2) is 0 Å². The zero-order chi connectivity index (χ0) is 16.6. The van der Waals surface area contributed by atoms with E-state index in [9.17, 15) is 9.90 Å². The Morgan fingerprint density at radius 1 is 0.870 bits per heavy atom. The molecule has 0 aromatic heterocycles. The summed E-state index contributed by atoms with van der Waals surface area (Å²) in [5.74, 6) is -0.760. The minimum atomic E-state index is -0.760. The van der Waals surface area contributed by atoms with Crippen LogP contribution in [0.1, 0.15) is 96.8 Å². The van der Waals surface area contributed by atoms with E-state index in [1.807, 2.05) is 0 Å². The molecule has 5 heteroatoms. The molecule has 0 aromatic carbocycles. The third-order valence-electron chi connectivity index (χ3n) is 4.28. The third-order valence-corrected chi connectivity index (χ3v) is 4.28. The highest BCUT2D eigenvalue weighted by Crippen LogP contribution is 2.14. The third kappa shape index (κ3) is 17.9. The SMILES string of the molecule is CCCCCCCCCCCC(O)C(N)CCCCC(=O)O.Cl. The Labute approximate surface area is 148 Å². The molecule has 0 amide bonds. The number of unbranched alkanes of at least 4 members (excludes halogenated alkanes) is 9. The maximum absolute atomic E-state index is 10.4. The normalized spacial score (nSPS) is 13.3. The molecule has 0 saturated heterocycles. The summed E-state index contributed by atoms with van der Waals surface area (Å²) in [6, 6.07) is -0.206. The quantitative estimate of drug-likeness (QED) is 0.353. The topological polar surface area (TPSA) is 83.5 Å². The van der Waals surface area contributed by atoms with Gasteiger partial charge in [0, 0.05) is 12.5 Å². The number of carboxylic acid groups (broad SMARTS) is 1. The molecule has 0 saturated carbocycles. The summed E-state index contributed by atoms with van der Waals surface area (Å²) in [4.78, 5) is 10.4. The van der Waals surface area contributed by atoms with Crippen LogP contribution in [0.5, 0.6) is 0 Å². The summed E-state index contributed by atoms with van der Waals surface area (Å²) in [6.45, 7) is 2.24. The maximum atomic E-state index is 10.4. The van der Waals surface area contributed by atoms with Gasteiger partial charge in [-0.2, -0.15) is 0 Å². The fraction of sp³-hybridized carbons (Fsp3) is 0.944. The standard InChI is InChI=1S/C18H37NO3.ClH/c1-2-3-4-5-6-7-8-9-10-14-17(20)16(19)13-11-12-15-18(21)22;/h16-17,20H,2-15,19H2,1H3,(H,21,22);1H. The summed E-state index contributed by atoms with van der Waals surface area (Å²) in [5, 5.41) is 18.5. The van der Waals surface area contributed by atoms with E-state index in [2.05, 4.69) is 6.92 Å². The van der Waals surface area contributed by atoms with Crippen LogP contribution in [-0.4, -0.2) is 28.3 Å². The Morgan fingerprint density at radius 2 is 1.35 bits per heavy atom. The highest BCUT2D eigenvalue weighted by atomic mass is 35.5. The number of nitrogens with two attached hydrogens (primary N) is 1. The number of hydrogen-bond acceptors (Lipinski definition) is 3. The number of aliphatic hydroxyl groups is 1. The first-order chi connectivity index (χ1) is 10.6. The lowest BCUT2D eigenvalue weighted by Crippen LogP contribution is -2.34. The van der Waals surface area contributed by atoms with Gasteiger partial charge in [0.05, 0.1) is 6.10 Å². The van der Waals surface area contributed by atoms with Crippen LogP contribution in [0.25, 0.3) is 0 Å². The largest absolute Gasteiger partial charge is 0.481 e. The van der Waals surface area contributed by atoms with Gasteiger partial charge in [-0.3, -0.25) is 4.79 Å². The predicted molar refractivity (Wildman–Crippen MR) is 99.2 cm³/mol. The highest BCUT2D eigenvalue weighted by molar-refractivity contribution is 5.85. The molecule has 140 valence electrons. The fourth-order valence-corrected chi connectivity index (χ4v) is 2.73.